The van der Waals surface area contributed by atoms with Gasteiger partial charge in [0.15, 0.2) is 5.82 Å². The first kappa shape index (κ1) is 10.4. The van der Waals surface area contributed by atoms with Crippen molar-refractivity contribution in [3.05, 3.63) is 18.2 Å². The number of piperazine rings is 1. The Balaban J connectivity index is 1.75. The first-order valence-electron chi connectivity index (χ1n) is 5.76. The second-order valence-corrected chi connectivity index (χ2v) is 4.43. The van der Waals surface area contributed by atoms with Crippen LogP contribution in [0.2, 0.25) is 0 Å². The fraction of sp³-hybridized carbons (Fsp3) is 0.545. The molecule has 3 heterocycles. The second-order valence-electron chi connectivity index (χ2n) is 4.43. The average molecular weight is 236 g/mol. The molecule has 0 aliphatic carbocycles. The zero-order valence-electron chi connectivity index (χ0n) is 9.34. The topological polar surface area (TPSA) is 49.3 Å². The number of anilines is 1. The van der Waals surface area contributed by atoms with Gasteiger partial charge in [-0.1, -0.05) is 0 Å². The Labute approximate surface area is 98.3 Å². The van der Waals surface area contributed by atoms with Crippen LogP contribution in [0.25, 0.3) is 0 Å². The van der Waals surface area contributed by atoms with Crippen LogP contribution in [0.15, 0.2) is 12.4 Å². The van der Waals surface area contributed by atoms with Gasteiger partial charge in [0.1, 0.15) is 0 Å². The van der Waals surface area contributed by atoms with Gasteiger partial charge in [0.2, 0.25) is 11.9 Å². The lowest BCUT2D eigenvalue weighted by Crippen LogP contribution is -2.52. The van der Waals surface area contributed by atoms with Crippen molar-refractivity contribution in [1.29, 1.82) is 0 Å². The maximum atomic E-state index is 12.7. The van der Waals surface area contributed by atoms with Crippen molar-refractivity contribution in [1.82, 2.24) is 14.9 Å². The monoisotopic (exact) mass is 236 g/mol. The molecule has 1 unspecified atom stereocenters. The molecule has 1 aromatic heterocycles. The molecule has 0 bridgehead atoms. The summed E-state index contributed by atoms with van der Waals surface area (Å²) in [5.41, 5.74) is 0. The number of nitrogens with zero attached hydrogens (tertiary/aromatic N) is 4. The second kappa shape index (κ2) is 3.94. The summed E-state index contributed by atoms with van der Waals surface area (Å²) >= 11 is 0. The molecule has 2 aliphatic rings. The van der Waals surface area contributed by atoms with Crippen molar-refractivity contribution in [3.8, 4) is 0 Å². The molecule has 17 heavy (non-hydrogen) atoms. The van der Waals surface area contributed by atoms with Gasteiger partial charge < -0.3 is 9.80 Å². The lowest BCUT2D eigenvalue weighted by atomic mass is 10.2. The van der Waals surface area contributed by atoms with Crippen LogP contribution in [0.5, 0.6) is 0 Å². The molecule has 5 nitrogen and oxygen atoms in total. The van der Waals surface area contributed by atoms with Crippen molar-refractivity contribution in [3.63, 3.8) is 0 Å². The van der Waals surface area contributed by atoms with E-state index in [1.165, 1.54) is 12.4 Å². The van der Waals surface area contributed by atoms with Crippen LogP contribution < -0.4 is 4.90 Å². The number of amides is 1. The van der Waals surface area contributed by atoms with Gasteiger partial charge in [-0.25, -0.2) is 14.4 Å². The van der Waals surface area contributed by atoms with E-state index in [9.17, 15) is 9.18 Å². The molecule has 1 atom stereocenters. The molecule has 0 N–H and O–H groups in total. The number of aromatic nitrogens is 2. The lowest BCUT2D eigenvalue weighted by molar-refractivity contribution is -0.129. The highest BCUT2D eigenvalue weighted by Crippen LogP contribution is 2.24. The van der Waals surface area contributed by atoms with Gasteiger partial charge >= 0.3 is 0 Å². The van der Waals surface area contributed by atoms with Crippen LogP contribution in [-0.2, 0) is 4.79 Å². The van der Waals surface area contributed by atoms with Crippen molar-refractivity contribution < 1.29 is 9.18 Å². The molecule has 6 heteroatoms. The Bertz CT molecular complexity index is 436. The summed E-state index contributed by atoms with van der Waals surface area (Å²) in [5.74, 6) is 0.364. The van der Waals surface area contributed by atoms with Gasteiger partial charge in [-0.2, -0.15) is 0 Å². The Morgan fingerprint density at radius 1 is 1.29 bits per heavy atom. The minimum atomic E-state index is -0.427. The first-order chi connectivity index (χ1) is 8.24. The zero-order valence-corrected chi connectivity index (χ0v) is 9.34. The zero-order chi connectivity index (χ0) is 11.8. The summed E-state index contributed by atoms with van der Waals surface area (Å²) in [4.78, 5) is 23.4. The van der Waals surface area contributed by atoms with Gasteiger partial charge in [0.25, 0.3) is 0 Å². The predicted molar refractivity (Wildman–Crippen MR) is 58.9 cm³/mol. The average Bonchev–Trinajstić information content (AvgIpc) is 2.72. The fourth-order valence-electron chi connectivity index (χ4n) is 2.51. The minimum absolute atomic E-state index is 0.245. The Morgan fingerprint density at radius 2 is 2.06 bits per heavy atom. The molecule has 1 aromatic rings. The number of hydrogen-bond acceptors (Lipinski definition) is 4. The number of carbonyl (C=O) groups is 1. The summed E-state index contributed by atoms with van der Waals surface area (Å²) < 4.78 is 12.7. The maximum Gasteiger partial charge on any atom is 0.225 e. The molecule has 90 valence electrons. The molecule has 1 amide bonds. The van der Waals surface area contributed by atoms with Crippen LogP contribution >= 0.6 is 0 Å². The minimum Gasteiger partial charge on any atom is -0.337 e. The van der Waals surface area contributed by atoms with Gasteiger partial charge in [-0.05, 0) is 6.42 Å². The van der Waals surface area contributed by atoms with Crippen molar-refractivity contribution in [2.24, 2.45) is 0 Å². The van der Waals surface area contributed by atoms with E-state index in [1.54, 1.807) is 0 Å². The standard InChI is InChI=1S/C11H13FN4O/c12-8-5-13-11(14-6-8)15-3-4-16-9(7-15)1-2-10(16)17/h5-6,9H,1-4,7H2. The molecule has 3 rings (SSSR count). The van der Waals surface area contributed by atoms with E-state index in [2.05, 4.69) is 9.97 Å². The van der Waals surface area contributed by atoms with Crippen LogP contribution in [0, 0.1) is 5.82 Å². The van der Waals surface area contributed by atoms with Crippen molar-refractivity contribution in [2.45, 2.75) is 18.9 Å². The van der Waals surface area contributed by atoms with Gasteiger partial charge in [0, 0.05) is 32.1 Å². The third-order valence-electron chi connectivity index (χ3n) is 3.38. The lowest BCUT2D eigenvalue weighted by Gasteiger charge is -2.37. The van der Waals surface area contributed by atoms with E-state index in [0.29, 0.717) is 25.5 Å². The smallest absolute Gasteiger partial charge is 0.225 e. The number of rotatable bonds is 1. The highest BCUT2D eigenvalue weighted by Gasteiger charge is 2.36. The number of hydrogen-bond donors (Lipinski definition) is 0. The fourth-order valence-corrected chi connectivity index (χ4v) is 2.51. The third kappa shape index (κ3) is 1.83. The predicted octanol–water partition coefficient (Wildman–Crippen LogP) is 0.427. The summed E-state index contributed by atoms with van der Waals surface area (Å²) in [7, 11) is 0. The van der Waals surface area contributed by atoms with Crippen LogP contribution in [0.3, 0.4) is 0 Å². The number of halogens is 1. The Kier molecular flexibility index (Phi) is 2.42. The molecular weight excluding hydrogens is 223 g/mol. The molecular formula is C11H13FN4O. The quantitative estimate of drug-likeness (QED) is 0.709. The maximum absolute atomic E-state index is 12.7. The van der Waals surface area contributed by atoms with E-state index in [4.69, 9.17) is 0 Å². The van der Waals surface area contributed by atoms with Gasteiger partial charge in [-0.3, -0.25) is 4.79 Å². The molecule has 0 radical (unpaired) electrons. The first-order valence-corrected chi connectivity index (χ1v) is 5.76. The van der Waals surface area contributed by atoms with E-state index < -0.39 is 5.82 Å². The normalized spacial score (nSPS) is 24.1. The van der Waals surface area contributed by atoms with Crippen molar-refractivity contribution >= 4 is 11.9 Å². The molecule has 0 saturated carbocycles. The Hall–Kier alpha value is -1.72. The molecule has 2 fully saturated rings. The van der Waals surface area contributed by atoms with E-state index in [1.807, 2.05) is 9.80 Å². The molecule has 0 spiro atoms. The van der Waals surface area contributed by atoms with E-state index in [-0.39, 0.29) is 11.9 Å². The van der Waals surface area contributed by atoms with Gasteiger partial charge in [-0.15, -0.1) is 0 Å². The summed E-state index contributed by atoms with van der Waals surface area (Å²) in [6.07, 6.45) is 3.89. The largest absolute Gasteiger partial charge is 0.337 e. The number of carbonyl (C=O) groups excluding carboxylic acids is 1. The van der Waals surface area contributed by atoms with Crippen LogP contribution in [-0.4, -0.2) is 46.5 Å². The highest BCUT2D eigenvalue weighted by atomic mass is 19.1. The Morgan fingerprint density at radius 3 is 2.82 bits per heavy atom. The van der Waals surface area contributed by atoms with Gasteiger partial charge in [0.05, 0.1) is 12.4 Å². The van der Waals surface area contributed by atoms with Crippen molar-refractivity contribution in [2.75, 3.05) is 24.5 Å². The number of fused-ring (bicyclic) bond motifs is 1. The summed E-state index contributed by atoms with van der Waals surface area (Å²) in [5, 5.41) is 0. The summed E-state index contributed by atoms with van der Waals surface area (Å²) in [6.45, 7) is 2.18. The third-order valence-corrected chi connectivity index (χ3v) is 3.38. The van der Waals surface area contributed by atoms with E-state index >= 15 is 0 Å². The summed E-state index contributed by atoms with van der Waals surface area (Å²) in [6, 6.07) is 0.268. The van der Waals surface area contributed by atoms with E-state index in [0.717, 1.165) is 13.0 Å². The molecule has 2 aliphatic heterocycles. The SMILES string of the molecule is O=C1CCC2CN(c3ncc(F)cn3)CCN12. The molecule has 2 saturated heterocycles. The van der Waals surface area contributed by atoms with Crippen LogP contribution in [0.1, 0.15) is 12.8 Å². The highest BCUT2D eigenvalue weighted by molar-refractivity contribution is 5.79. The molecule has 0 aromatic carbocycles. The van der Waals surface area contributed by atoms with Crippen LogP contribution in [0.4, 0.5) is 10.3 Å².